The number of hydrogen-bond donors (Lipinski definition) is 1. The standard InChI is InChI=1S/C20H22ClNO5/c1-3-8-26-18-16(21)10-15(11-17(18)25-4-2)20(24)27-12-13-6-5-7-14(9-13)19(22)23/h5-7,9-11H,3-4,8,12H2,1-2H3,(H2,22,23). The van der Waals surface area contributed by atoms with E-state index in [1.165, 1.54) is 6.07 Å². The molecule has 2 aromatic rings. The maximum absolute atomic E-state index is 12.4. The van der Waals surface area contributed by atoms with Gasteiger partial charge in [0.2, 0.25) is 5.91 Å². The Bertz CT molecular complexity index is 822. The van der Waals surface area contributed by atoms with Gasteiger partial charge in [-0.15, -0.1) is 0 Å². The van der Waals surface area contributed by atoms with Crippen molar-refractivity contribution in [1.82, 2.24) is 0 Å². The van der Waals surface area contributed by atoms with Crippen molar-refractivity contribution in [3.63, 3.8) is 0 Å². The first-order chi connectivity index (χ1) is 13.0. The zero-order valence-corrected chi connectivity index (χ0v) is 16.0. The molecule has 0 spiro atoms. The molecule has 144 valence electrons. The number of rotatable bonds is 9. The highest BCUT2D eigenvalue weighted by molar-refractivity contribution is 6.32. The summed E-state index contributed by atoms with van der Waals surface area (Å²) in [5.41, 5.74) is 6.50. The van der Waals surface area contributed by atoms with Crippen LogP contribution in [0.4, 0.5) is 0 Å². The van der Waals surface area contributed by atoms with Crippen LogP contribution in [0.25, 0.3) is 0 Å². The Labute approximate surface area is 163 Å². The summed E-state index contributed by atoms with van der Waals surface area (Å²) in [4.78, 5) is 23.6. The van der Waals surface area contributed by atoms with Crippen molar-refractivity contribution in [2.75, 3.05) is 13.2 Å². The smallest absolute Gasteiger partial charge is 0.338 e. The van der Waals surface area contributed by atoms with Crippen LogP contribution in [0.1, 0.15) is 46.5 Å². The number of benzene rings is 2. The monoisotopic (exact) mass is 391 g/mol. The van der Waals surface area contributed by atoms with E-state index in [4.69, 9.17) is 31.5 Å². The fraction of sp³-hybridized carbons (Fsp3) is 0.300. The SMILES string of the molecule is CCCOc1c(Cl)cc(C(=O)OCc2cccc(C(N)=O)c2)cc1OCC. The number of halogens is 1. The lowest BCUT2D eigenvalue weighted by atomic mass is 10.1. The summed E-state index contributed by atoms with van der Waals surface area (Å²) < 4.78 is 16.5. The number of carbonyl (C=O) groups excluding carboxylic acids is 2. The predicted molar refractivity (Wildman–Crippen MR) is 102 cm³/mol. The summed E-state index contributed by atoms with van der Waals surface area (Å²) >= 11 is 6.26. The Kier molecular flexibility index (Phi) is 7.49. The summed E-state index contributed by atoms with van der Waals surface area (Å²) in [6.45, 7) is 4.69. The zero-order chi connectivity index (χ0) is 19.8. The van der Waals surface area contributed by atoms with Crippen molar-refractivity contribution in [3.05, 3.63) is 58.1 Å². The van der Waals surface area contributed by atoms with Gasteiger partial charge < -0.3 is 19.9 Å². The van der Waals surface area contributed by atoms with Crippen molar-refractivity contribution in [2.24, 2.45) is 5.73 Å². The van der Waals surface area contributed by atoms with Crippen molar-refractivity contribution in [1.29, 1.82) is 0 Å². The van der Waals surface area contributed by atoms with Crippen LogP contribution in [0.3, 0.4) is 0 Å². The molecule has 0 aliphatic carbocycles. The predicted octanol–water partition coefficient (Wildman–Crippen LogP) is 3.98. The van der Waals surface area contributed by atoms with Crippen LogP contribution in [0.15, 0.2) is 36.4 Å². The Morgan fingerprint density at radius 1 is 1.07 bits per heavy atom. The van der Waals surface area contributed by atoms with Crippen molar-refractivity contribution >= 4 is 23.5 Å². The highest BCUT2D eigenvalue weighted by Gasteiger charge is 2.17. The van der Waals surface area contributed by atoms with Gasteiger partial charge in [0.05, 0.1) is 23.8 Å². The molecule has 6 nitrogen and oxygen atoms in total. The minimum atomic E-state index is -0.565. The van der Waals surface area contributed by atoms with Crippen molar-refractivity contribution in [2.45, 2.75) is 26.9 Å². The summed E-state index contributed by atoms with van der Waals surface area (Å²) in [7, 11) is 0. The second-order valence-electron chi connectivity index (χ2n) is 5.71. The lowest BCUT2D eigenvalue weighted by Gasteiger charge is -2.14. The molecule has 7 heteroatoms. The third-order valence-electron chi connectivity index (χ3n) is 3.58. The number of amides is 1. The molecule has 27 heavy (non-hydrogen) atoms. The molecule has 0 bridgehead atoms. The minimum absolute atomic E-state index is 0.00434. The Hall–Kier alpha value is -2.73. The minimum Gasteiger partial charge on any atom is -0.490 e. The second kappa shape index (κ2) is 9.83. The molecule has 1 amide bonds. The topological polar surface area (TPSA) is 87.9 Å². The van der Waals surface area contributed by atoms with Crippen LogP contribution < -0.4 is 15.2 Å². The third kappa shape index (κ3) is 5.62. The quantitative estimate of drug-likeness (QED) is 0.653. The molecule has 0 aliphatic rings. The molecular formula is C20H22ClNO5. The van der Waals surface area contributed by atoms with Gasteiger partial charge in [-0.25, -0.2) is 4.79 Å². The highest BCUT2D eigenvalue weighted by Crippen LogP contribution is 2.37. The first kappa shape index (κ1) is 20.6. The number of esters is 1. The normalized spacial score (nSPS) is 10.3. The van der Waals surface area contributed by atoms with E-state index < -0.39 is 11.9 Å². The number of primary amides is 1. The van der Waals surface area contributed by atoms with Crippen LogP contribution in [0, 0.1) is 0 Å². The van der Waals surface area contributed by atoms with E-state index in [1.807, 2.05) is 13.8 Å². The van der Waals surface area contributed by atoms with Gasteiger partial charge in [0.1, 0.15) is 6.61 Å². The van der Waals surface area contributed by atoms with Gasteiger partial charge in [-0.2, -0.15) is 0 Å². The number of hydrogen-bond acceptors (Lipinski definition) is 5. The maximum Gasteiger partial charge on any atom is 0.338 e. The van der Waals surface area contributed by atoms with Crippen molar-refractivity contribution < 1.29 is 23.8 Å². The van der Waals surface area contributed by atoms with Crippen LogP contribution in [0.5, 0.6) is 11.5 Å². The average molecular weight is 392 g/mol. The van der Waals surface area contributed by atoms with Gasteiger partial charge in [0.15, 0.2) is 11.5 Å². The highest BCUT2D eigenvalue weighted by atomic mass is 35.5. The van der Waals surface area contributed by atoms with Gasteiger partial charge >= 0.3 is 5.97 Å². The van der Waals surface area contributed by atoms with E-state index >= 15 is 0 Å². The lowest BCUT2D eigenvalue weighted by Crippen LogP contribution is -2.11. The van der Waals surface area contributed by atoms with E-state index in [0.717, 1.165) is 6.42 Å². The van der Waals surface area contributed by atoms with Crippen molar-refractivity contribution in [3.8, 4) is 11.5 Å². The van der Waals surface area contributed by atoms with Gasteiger partial charge in [-0.3, -0.25) is 4.79 Å². The third-order valence-corrected chi connectivity index (χ3v) is 3.86. The molecule has 0 heterocycles. The molecule has 0 atom stereocenters. The van der Waals surface area contributed by atoms with Gasteiger partial charge in [0, 0.05) is 5.56 Å². The van der Waals surface area contributed by atoms with Crippen LogP contribution in [0.2, 0.25) is 5.02 Å². The Balaban J connectivity index is 2.15. The lowest BCUT2D eigenvalue weighted by molar-refractivity contribution is 0.0472. The van der Waals surface area contributed by atoms with Gasteiger partial charge in [-0.1, -0.05) is 30.7 Å². The molecule has 0 radical (unpaired) electrons. The number of nitrogens with two attached hydrogens (primary N) is 1. The first-order valence-electron chi connectivity index (χ1n) is 8.61. The van der Waals surface area contributed by atoms with E-state index in [0.29, 0.717) is 35.8 Å². The average Bonchev–Trinajstić information content (AvgIpc) is 2.65. The molecular weight excluding hydrogens is 370 g/mol. The molecule has 0 unspecified atom stereocenters. The number of ether oxygens (including phenoxy) is 3. The van der Waals surface area contributed by atoms with E-state index in [1.54, 1.807) is 30.3 Å². The van der Waals surface area contributed by atoms with Crippen LogP contribution >= 0.6 is 11.6 Å². The Morgan fingerprint density at radius 3 is 2.52 bits per heavy atom. The van der Waals surface area contributed by atoms with Crippen LogP contribution in [-0.4, -0.2) is 25.1 Å². The summed E-state index contributed by atoms with van der Waals surface area (Å²) in [5, 5.41) is 0.275. The zero-order valence-electron chi connectivity index (χ0n) is 15.3. The summed E-state index contributed by atoms with van der Waals surface area (Å²) in [5.74, 6) is -0.310. The number of carbonyl (C=O) groups is 2. The molecule has 0 fully saturated rings. The van der Waals surface area contributed by atoms with Gasteiger partial charge in [0.25, 0.3) is 0 Å². The second-order valence-corrected chi connectivity index (χ2v) is 6.11. The summed E-state index contributed by atoms with van der Waals surface area (Å²) in [6, 6.07) is 9.61. The maximum atomic E-state index is 12.4. The molecule has 0 saturated carbocycles. The molecule has 2 rings (SSSR count). The summed E-state index contributed by atoms with van der Waals surface area (Å²) in [6.07, 6.45) is 0.816. The van der Waals surface area contributed by atoms with E-state index in [2.05, 4.69) is 0 Å². The van der Waals surface area contributed by atoms with E-state index in [9.17, 15) is 9.59 Å². The molecule has 0 aliphatic heterocycles. The molecule has 0 saturated heterocycles. The van der Waals surface area contributed by atoms with Crippen LogP contribution in [-0.2, 0) is 11.3 Å². The largest absolute Gasteiger partial charge is 0.490 e. The molecule has 2 N–H and O–H groups in total. The fourth-order valence-electron chi connectivity index (χ4n) is 2.34. The molecule has 2 aromatic carbocycles. The van der Waals surface area contributed by atoms with Gasteiger partial charge in [-0.05, 0) is 43.2 Å². The first-order valence-corrected chi connectivity index (χ1v) is 8.99. The molecule has 0 aromatic heterocycles. The Morgan fingerprint density at radius 2 is 1.85 bits per heavy atom. The fourth-order valence-corrected chi connectivity index (χ4v) is 2.60. The van der Waals surface area contributed by atoms with E-state index in [-0.39, 0.29) is 17.2 Å².